The first-order chi connectivity index (χ1) is 25.7. The topological polar surface area (TPSA) is 196 Å². The van der Waals surface area contributed by atoms with Crippen LogP contribution in [0.25, 0.3) is 6.08 Å². The van der Waals surface area contributed by atoms with Gasteiger partial charge in [0.15, 0.2) is 5.79 Å². The maximum atomic E-state index is 13.7. The zero-order chi connectivity index (χ0) is 39.5. The summed E-state index contributed by atoms with van der Waals surface area (Å²) < 4.78 is 29.8. The Morgan fingerprint density at radius 3 is 2.35 bits per heavy atom. The molecule has 2 saturated heterocycles. The highest BCUT2D eigenvalue weighted by atomic mass is 16.8. The summed E-state index contributed by atoms with van der Waals surface area (Å²) in [6.45, 7) is 8.89. The number of amides is 2. The molecule has 4 N–H and O–H groups in total. The smallest absolute Gasteiger partial charge is 0.348 e. The van der Waals surface area contributed by atoms with Crippen LogP contribution in [0.1, 0.15) is 108 Å². The fourth-order valence-electron chi connectivity index (χ4n) is 6.76. The molecule has 0 radical (unpaired) electrons. The fourth-order valence-corrected chi connectivity index (χ4v) is 6.76. The van der Waals surface area contributed by atoms with E-state index < -0.39 is 77.5 Å². The van der Waals surface area contributed by atoms with Crippen LogP contribution < -0.4 is 10.6 Å². The van der Waals surface area contributed by atoms with E-state index in [1.165, 1.54) is 25.1 Å². The van der Waals surface area contributed by atoms with Crippen LogP contribution in [0.15, 0.2) is 42.0 Å². The molecule has 3 aliphatic rings. The first-order valence-corrected chi connectivity index (χ1v) is 19.0. The number of unbranched alkanes of at least 4 members (excludes halogenated alkanes) is 4. The Bertz CT molecular complexity index is 1540. The predicted octanol–water partition coefficient (Wildman–Crippen LogP) is 3.67. The lowest BCUT2D eigenvalue weighted by molar-refractivity contribution is -0.190. The third-order valence-electron chi connectivity index (χ3n) is 9.79. The van der Waals surface area contributed by atoms with Gasteiger partial charge in [-0.15, -0.1) is 0 Å². The van der Waals surface area contributed by atoms with E-state index in [4.69, 9.17) is 28.8 Å². The molecule has 6 atom stereocenters. The largest absolute Gasteiger partial charge is 0.462 e. The van der Waals surface area contributed by atoms with Crippen molar-refractivity contribution in [1.82, 2.24) is 10.6 Å². The SMILES string of the molecule is CCCCCC1(CCCCC)O[C@@H]2[C@@H](C=C(C(=O)N[C@@H](C(=O)NCCO)[C@H](C)O)C[C@H]2OC(=O)c2cccc(C=CC(=O)O[C@H]3C(=O)OCC3(C)C)c2)O1. The van der Waals surface area contributed by atoms with Crippen LogP contribution in [0, 0.1) is 5.41 Å². The minimum Gasteiger partial charge on any atom is -0.462 e. The second-order valence-electron chi connectivity index (χ2n) is 14.9. The van der Waals surface area contributed by atoms with Gasteiger partial charge in [-0.3, -0.25) is 9.59 Å². The lowest BCUT2D eigenvalue weighted by Crippen LogP contribution is -2.54. The van der Waals surface area contributed by atoms with Gasteiger partial charge in [0, 0.05) is 42.9 Å². The lowest BCUT2D eigenvalue weighted by Gasteiger charge is -2.31. The van der Waals surface area contributed by atoms with Gasteiger partial charge in [-0.1, -0.05) is 65.5 Å². The summed E-state index contributed by atoms with van der Waals surface area (Å²) in [4.78, 5) is 64.7. The number of hydrogen-bond donors (Lipinski definition) is 4. The van der Waals surface area contributed by atoms with Crippen LogP contribution in [0.4, 0.5) is 0 Å². The number of cyclic esters (lactones) is 1. The van der Waals surface area contributed by atoms with Gasteiger partial charge in [0.1, 0.15) is 31.0 Å². The maximum absolute atomic E-state index is 13.7. The average Bonchev–Trinajstić information content (AvgIpc) is 3.63. The van der Waals surface area contributed by atoms with Gasteiger partial charge in [0.2, 0.25) is 17.9 Å². The molecule has 0 unspecified atom stereocenters. The number of aliphatic hydroxyl groups is 2. The van der Waals surface area contributed by atoms with Crippen LogP contribution >= 0.6 is 0 Å². The van der Waals surface area contributed by atoms with E-state index in [2.05, 4.69) is 24.5 Å². The Kier molecular flexibility index (Phi) is 15.4. The Balaban J connectivity index is 1.55. The summed E-state index contributed by atoms with van der Waals surface area (Å²) in [6, 6.07) is 5.09. The number of carbonyl (C=O) groups is 5. The van der Waals surface area contributed by atoms with Gasteiger partial charge in [-0.25, -0.2) is 14.4 Å². The van der Waals surface area contributed by atoms with Crippen LogP contribution in [-0.2, 0) is 42.9 Å². The summed E-state index contributed by atoms with van der Waals surface area (Å²) in [7, 11) is 0. The van der Waals surface area contributed by atoms with Crippen molar-refractivity contribution < 1.29 is 57.9 Å². The summed E-state index contributed by atoms with van der Waals surface area (Å²) in [5, 5.41) is 24.5. The first kappa shape index (κ1) is 42.6. The number of rotatable bonds is 19. The lowest BCUT2D eigenvalue weighted by atomic mass is 9.90. The Labute approximate surface area is 317 Å². The number of hydrogen-bond acceptors (Lipinski definition) is 12. The number of carbonyl (C=O) groups excluding carboxylic acids is 5. The number of aliphatic hydroxyl groups excluding tert-OH is 2. The van der Waals surface area contributed by atoms with Crippen LogP contribution in [-0.4, -0.2) is 102 Å². The molecule has 0 aromatic heterocycles. The van der Waals surface area contributed by atoms with Crippen molar-refractivity contribution in [3.63, 3.8) is 0 Å². The normalized spacial score (nSPS) is 23.8. The molecule has 1 aromatic rings. The van der Waals surface area contributed by atoms with Gasteiger partial charge in [-0.05, 0) is 49.6 Å². The van der Waals surface area contributed by atoms with Gasteiger partial charge in [0.05, 0.1) is 18.3 Å². The van der Waals surface area contributed by atoms with E-state index >= 15 is 0 Å². The van der Waals surface area contributed by atoms with Crippen LogP contribution in [0.2, 0.25) is 0 Å². The molecule has 1 aromatic carbocycles. The van der Waals surface area contributed by atoms with Crippen molar-refractivity contribution in [3.05, 3.63) is 53.1 Å². The van der Waals surface area contributed by atoms with E-state index in [0.29, 0.717) is 18.4 Å². The number of nitrogens with one attached hydrogen (secondary N) is 2. The molecule has 14 heteroatoms. The fraction of sp³-hybridized carbons (Fsp3) is 0.625. The molecule has 14 nitrogen and oxygen atoms in total. The van der Waals surface area contributed by atoms with Gasteiger partial charge in [-0.2, -0.15) is 0 Å². The first-order valence-electron chi connectivity index (χ1n) is 19.0. The van der Waals surface area contributed by atoms with Gasteiger partial charge in [0.25, 0.3) is 0 Å². The minimum atomic E-state index is -1.31. The van der Waals surface area contributed by atoms with Crippen molar-refractivity contribution in [1.29, 1.82) is 0 Å². The maximum Gasteiger partial charge on any atom is 0.348 e. The summed E-state index contributed by atoms with van der Waals surface area (Å²) in [6.07, 6.45) is 6.44. The zero-order valence-corrected chi connectivity index (χ0v) is 32.0. The van der Waals surface area contributed by atoms with E-state index in [1.807, 2.05) is 0 Å². The molecule has 0 bridgehead atoms. The number of fused-ring (bicyclic) bond motifs is 1. The minimum absolute atomic E-state index is 0.0535. The van der Waals surface area contributed by atoms with Crippen molar-refractivity contribution in [2.24, 2.45) is 5.41 Å². The molecule has 0 saturated carbocycles. The molecule has 2 amide bonds. The Morgan fingerprint density at radius 1 is 1.04 bits per heavy atom. The third-order valence-corrected chi connectivity index (χ3v) is 9.79. The summed E-state index contributed by atoms with van der Waals surface area (Å²) >= 11 is 0. The molecule has 4 rings (SSSR count). The predicted molar refractivity (Wildman–Crippen MR) is 196 cm³/mol. The quantitative estimate of drug-likeness (QED) is 0.0694. The molecule has 2 aliphatic heterocycles. The van der Waals surface area contributed by atoms with E-state index in [9.17, 15) is 29.1 Å². The molecule has 0 spiro atoms. The molecular formula is C40H56N2O12. The van der Waals surface area contributed by atoms with E-state index in [1.54, 1.807) is 38.1 Å². The Hall–Kier alpha value is -4.11. The third kappa shape index (κ3) is 11.2. The average molecular weight is 757 g/mol. The molecule has 2 heterocycles. The van der Waals surface area contributed by atoms with Crippen molar-refractivity contribution in [2.45, 2.75) is 135 Å². The molecule has 298 valence electrons. The van der Waals surface area contributed by atoms with E-state index in [-0.39, 0.29) is 37.3 Å². The second kappa shape index (κ2) is 19.5. The van der Waals surface area contributed by atoms with Crippen LogP contribution in [0.5, 0.6) is 0 Å². The van der Waals surface area contributed by atoms with Gasteiger partial charge < -0.3 is 44.5 Å². The van der Waals surface area contributed by atoms with E-state index in [0.717, 1.165) is 38.5 Å². The summed E-state index contributed by atoms with van der Waals surface area (Å²) in [5.74, 6) is -4.29. The van der Waals surface area contributed by atoms with Crippen molar-refractivity contribution >= 4 is 35.8 Å². The monoisotopic (exact) mass is 756 g/mol. The van der Waals surface area contributed by atoms with Crippen LogP contribution in [0.3, 0.4) is 0 Å². The van der Waals surface area contributed by atoms with Crippen molar-refractivity contribution in [3.8, 4) is 0 Å². The highest BCUT2D eigenvalue weighted by molar-refractivity contribution is 5.98. The number of ether oxygens (including phenoxy) is 5. The second-order valence-corrected chi connectivity index (χ2v) is 14.9. The van der Waals surface area contributed by atoms with Gasteiger partial charge >= 0.3 is 17.9 Å². The number of benzene rings is 1. The summed E-state index contributed by atoms with van der Waals surface area (Å²) in [5.41, 5.74) is 0.200. The molecule has 2 fully saturated rings. The highest BCUT2D eigenvalue weighted by Crippen LogP contribution is 2.43. The highest BCUT2D eigenvalue weighted by Gasteiger charge is 2.52. The number of esters is 3. The molecular weight excluding hydrogens is 700 g/mol. The Morgan fingerprint density at radius 2 is 1.74 bits per heavy atom. The molecule has 54 heavy (non-hydrogen) atoms. The zero-order valence-electron chi connectivity index (χ0n) is 32.0. The standard InChI is InChI=1S/C40H56N2O12/c1-6-8-10-17-40(18-11-9-7-2)53-30-23-28(35(46)42-32(25(3)44)36(47)41-19-20-43)22-29(33(30)54-40)51-37(48)27-14-12-13-26(21-27)15-16-31(45)52-34-38(49)50-24-39(34,4)5/h12-16,21,23,25,29-30,32-34,43-44H,6-11,17-20,22,24H2,1-5H3,(H,41,47)(H,42,46)/t25-,29+,30+,32+,33-,34-/m0/s1. The molecule has 1 aliphatic carbocycles. The van der Waals surface area contributed by atoms with Crippen molar-refractivity contribution in [2.75, 3.05) is 19.8 Å².